The molecule has 1 rings (SSSR count). The normalized spacial score (nSPS) is 20.8. The van der Waals surface area contributed by atoms with Crippen molar-refractivity contribution in [3.05, 3.63) is 11.8 Å². The number of ketones is 1. The van der Waals surface area contributed by atoms with Crippen LogP contribution in [0.15, 0.2) is 11.8 Å². The number of aliphatic hydroxyl groups is 1. The SMILES string of the molecule is CC(CCF)C(=O)/C=C(\O)C1CCCCC1. The number of aliphatic hydroxyl groups excluding tert-OH is 1. The maximum atomic E-state index is 12.1. The van der Waals surface area contributed by atoms with Crippen molar-refractivity contribution in [1.82, 2.24) is 0 Å². The van der Waals surface area contributed by atoms with Crippen molar-refractivity contribution >= 4 is 5.78 Å². The van der Waals surface area contributed by atoms with Crippen LogP contribution in [0.3, 0.4) is 0 Å². The molecular weight excluding hydrogens is 207 g/mol. The lowest BCUT2D eigenvalue weighted by Crippen LogP contribution is -2.14. The number of alkyl halides is 1. The third kappa shape index (κ3) is 3.95. The Morgan fingerprint density at radius 2 is 2.06 bits per heavy atom. The minimum atomic E-state index is -0.481. The summed E-state index contributed by atoms with van der Waals surface area (Å²) >= 11 is 0. The molecule has 0 amide bonds. The summed E-state index contributed by atoms with van der Waals surface area (Å²) in [5, 5.41) is 9.81. The lowest BCUT2D eigenvalue weighted by Gasteiger charge is -2.20. The summed E-state index contributed by atoms with van der Waals surface area (Å²) in [6.07, 6.45) is 6.95. The summed E-state index contributed by atoms with van der Waals surface area (Å²) in [5.41, 5.74) is 0. The third-order valence-electron chi connectivity index (χ3n) is 3.34. The third-order valence-corrected chi connectivity index (χ3v) is 3.34. The van der Waals surface area contributed by atoms with Gasteiger partial charge in [-0.15, -0.1) is 0 Å². The number of hydrogen-bond acceptors (Lipinski definition) is 2. The molecule has 0 aromatic rings. The van der Waals surface area contributed by atoms with Crippen LogP contribution in [0.25, 0.3) is 0 Å². The second-order valence-corrected chi connectivity index (χ2v) is 4.69. The van der Waals surface area contributed by atoms with Crippen LogP contribution < -0.4 is 0 Å². The van der Waals surface area contributed by atoms with Gasteiger partial charge in [0, 0.05) is 17.9 Å². The zero-order valence-electron chi connectivity index (χ0n) is 9.92. The Labute approximate surface area is 96.5 Å². The van der Waals surface area contributed by atoms with E-state index in [1.807, 2.05) is 0 Å². The van der Waals surface area contributed by atoms with E-state index in [4.69, 9.17) is 0 Å². The zero-order valence-corrected chi connectivity index (χ0v) is 9.92. The molecule has 16 heavy (non-hydrogen) atoms. The molecule has 0 bridgehead atoms. The van der Waals surface area contributed by atoms with Crippen molar-refractivity contribution in [2.45, 2.75) is 45.4 Å². The molecule has 1 aliphatic carbocycles. The van der Waals surface area contributed by atoms with Crippen molar-refractivity contribution in [1.29, 1.82) is 0 Å². The standard InChI is InChI=1S/C13H21FO2/c1-10(7-8-14)12(15)9-13(16)11-5-3-2-4-6-11/h9-11,16H,2-8H2,1H3/b13-9-. The molecule has 1 saturated carbocycles. The summed E-state index contributed by atoms with van der Waals surface area (Å²) in [5.74, 6) is -0.123. The first kappa shape index (κ1) is 13.2. The molecule has 0 spiro atoms. The van der Waals surface area contributed by atoms with Gasteiger partial charge in [-0.2, -0.15) is 0 Å². The maximum absolute atomic E-state index is 12.1. The molecular formula is C13H21FO2. The van der Waals surface area contributed by atoms with Crippen LogP contribution >= 0.6 is 0 Å². The molecule has 0 aromatic carbocycles. The highest BCUT2D eigenvalue weighted by atomic mass is 19.1. The molecule has 0 heterocycles. The van der Waals surface area contributed by atoms with Gasteiger partial charge in [-0.25, -0.2) is 0 Å². The Morgan fingerprint density at radius 3 is 2.62 bits per heavy atom. The van der Waals surface area contributed by atoms with E-state index in [1.165, 1.54) is 12.5 Å². The fraction of sp³-hybridized carbons (Fsp3) is 0.769. The summed E-state index contributed by atoms with van der Waals surface area (Å²) in [4.78, 5) is 11.6. The predicted octanol–water partition coefficient (Wildman–Crippen LogP) is 3.57. The summed E-state index contributed by atoms with van der Waals surface area (Å²) in [7, 11) is 0. The maximum Gasteiger partial charge on any atom is 0.161 e. The molecule has 0 radical (unpaired) electrons. The molecule has 0 aliphatic heterocycles. The van der Waals surface area contributed by atoms with Crippen molar-refractivity contribution in [2.75, 3.05) is 6.67 Å². The smallest absolute Gasteiger partial charge is 0.161 e. The minimum Gasteiger partial charge on any atom is -0.512 e. The van der Waals surface area contributed by atoms with E-state index in [1.54, 1.807) is 6.92 Å². The molecule has 0 aromatic heterocycles. The molecule has 1 unspecified atom stereocenters. The minimum absolute atomic E-state index is 0.148. The molecule has 1 fully saturated rings. The van der Waals surface area contributed by atoms with Gasteiger partial charge < -0.3 is 5.11 Å². The first-order valence-corrected chi connectivity index (χ1v) is 6.15. The van der Waals surface area contributed by atoms with E-state index in [0.717, 1.165) is 25.7 Å². The van der Waals surface area contributed by atoms with Crippen LogP contribution in [0.1, 0.15) is 45.4 Å². The molecule has 1 aliphatic rings. The van der Waals surface area contributed by atoms with E-state index in [2.05, 4.69) is 0 Å². The highest BCUT2D eigenvalue weighted by Gasteiger charge is 2.19. The fourth-order valence-electron chi connectivity index (χ4n) is 2.11. The van der Waals surface area contributed by atoms with Gasteiger partial charge in [0.2, 0.25) is 0 Å². The second-order valence-electron chi connectivity index (χ2n) is 4.69. The fourth-order valence-corrected chi connectivity index (χ4v) is 2.11. The van der Waals surface area contributed by atoms with E-state index in [-0.39, 0.29) is 29.8 Å². The molecule has 3 heteroatoms. The van der Waals surface area contributed by atoms with Gasteiger partial charge in [-0.3, -0.25) is 9.18 Å². The largest absolute Gasteiger partial charge is 0.512 e. The number of carbonyl (C=O) groups excluding carboxylic acids is 1. The Bertz CT molecular complexity index is 255. The first-order chi connectivity index (χ1) is 7.65. The predicted molar refractivity (Wildman–Crippen MR) is 62.0 cm³/mol. The number of halogens is 1. The van der Waals surface area contributed by atoms with Gasteiger partial charge in [0.05, 0.1) is 12.4 Å². The lowest BCUT2D eigenvalue weighted by atomic mass is 9.87. The second kappa shape index (κ2) is 6.66. The van der Waals surface area contributed by atoms with Crippen molar-refractivity contribution < 1.29 is 14.3 Å². The van der Waals surface area contributed by atoms with Crippen LogP contribution in [-0.4, -0.2) is 17.6 Å². The monoisotopic (exact) mass is 228 g/mol. The highest BCUT2D eigenvalue weighted by molar-refractivity contribution is 5.91. The molecule has 0 saturated heterocycles. The Morgan fingerprint density at radius 1 is 1.44 bits per heavy atom. The topological polar surface area (TPSA) is 37.3 Å². The number of rotatable bonds is 5. The lowest BCUT2D eigenvalue weighted by molar-refractivity contribution is -0.118. The number of hydrogen-bond donors (Lipinski definition) is 1. The molecule has 2 nitrogen and oxygen atoms in total. The molecule has 92 valence electrons. The van der Waals surface area contributed by atoms with E-state index >= 15 is 0 Å². The number of allylic oxidation sites excluding steroid dienone is 2. The van der Waals surface area contributed by atoms with Crippen LogP contribution in [0.5, 0.6) is 0 Å². The van der Waals surface area contributed by atoms with Gasteiger partial charge >= 0.3 is 0 Å². The Hall–Kier alpha value is -0.860. The van der Waals surface area contributed by atoms with Gasteiger partial charge in [-0.1, -0.05) is 26.2 Å². The first-order valence-electron chi connectivity index (χ1n) is 6.15. The van der Waals surface area contributed by atoms with Gasteiger partial charge in [0.15, 0.2) is 5.78 Å². The van der Waals surface area contributed by atoms with Crippen LogP contribution in [0, 0.1) is 11.8 Å². The zero-order chi connectivity index (χ0) is 12.0. The Balaban J connectivity index is 2.50. The average molecular weight is 228 g/mol. The summed E-state index contributed by atoms with van der Waals surface area (Å²) in [6.45, 7) is 1.22. The van der Waals surface area contributed by atoms with Crippen LogP contribution in [0.4, 0.5) is 4.39 Å². The summed E-state index contributed by atoms with van der Waals surface area (Å²) < 4.78 is 12.1. The van der Waals surface area contributed by atoms with Crippen molar-refractivity contribution in [2.24, 2.45) is 11.8 Å². The van der Waals surface area contributed by atoms with Crippen LogP contribution in [0.2, 0.25) is 0 Å². The van der Waals surface area contributed by atoms with E-state index in [9.17, 15) is 14.3 Å². The molecule has 1 N–H and O–H groups in total. The van der Waals surface area contributed by atoms with E-state index in [0.29, 0.717) is 0 Å². The average Bonchev–Trinajstić information content (AvgIpc) is 2.30. The quantitative estimate of drug-likeness (QED) is 0.577. The van der Waals surface area contributed by atoms with Gasteiger partial charge in [-0.05, 0) is 19.3 Å². The Kier molecular flexibility index (Phi) is 5.50. The van der Waals surface area contributed by atoms with E-state index < -0.39 is 6.67 Å². The van der Waals surface area contributed by atoms with Crippen molar-refractivity contribution in [3.63, 3.8) is 0 Å². The van der Waals surface area contributed by atoms with Crippen molar-refractivity contribution in [3.8, 4) is 0 Å². The van der Waals surface area contributed by atoms with Gasteiger partial charge in [0.1, 0.15) is 0 Å². The number of carbonyl (C=O) groups is 1. The highest BCUT2D eigenvalue weighted by Crippen LogP contribution is 2.28. The summed E-state index contributed by atoms with van der Waals surface area (Å²) in [6, 6.07) is 0. The van der Waals surface area contributed by atoms with Gasteiger partial charge in [0.25, 0.3) is 0 Å². The van der Waals surface area contributed by atoms with Crippen LogP contribution in [-0.2, 0) is 4.79 Å². The molecule has 1 atom stereocenters.